The summed E-state index contributed by atoms with van der Waals surface area (Å²) < 4.78 is 17.1. The Morgan fingerprint density at radius 1 is 1.23 bits per heavy atom. The Hall–Kier alpha value is -3.36. The van der Waals surface area contributed by atoms with Crippen molar-refractivity contribution in [2.24, 2.45) is 0 Å². The summed E-state index contributed by atoms with van der Waals surface area (Å²) in [5.41, 5.74) is 2.02. The SMILES string of the molecule is O=C1CCCN1C(=O)c1ncn2c1Cn1ncnc1-c1cc(F)ccc1-2. The van der Waals surface area contributed by atoms with Crippen LogP contribution in [0.25, 0.3) is 17.1 Å². The number of hydrogen-bond acceptors (Lipinski definition) is 5. The summed E-state index contributed by atoms with van der Waals surface area (Å²) in [5, 5.41) is 4.19. The summed E-state index contributed by atoms with van der Waals surface area (Å²) in [6.07, 6.45) is 3.95. The average molecular weight is 352 g/mol. The minimum absolute atomic E-state index is 0.186. The number of rotatable bonds is 1. The van der Waals surface area contributed by atoms with Gasteiger partial charge in [-0.2, -0.15) is 5.10 Å². The smallest absolute Gasteiger partial charge is 0.281 e. The number of carbonyl (C=O) groups excluding carboxylic acids is 2. The monoisotopic (exact) mass is 352 g/mol. The maximum absolute atomic E-state index is 13.8. The van der Waals surface area contributed by atoms with E-state index in [1.807, 2.05) is 0 Å². The van der Waals surface area contributed by atoms with Crippen molar-refractivity contribution in [3.63, 3.8) is 0 Å². The Labute approximate surface area is 146 Å². The lowest BCUT2D eigenvalue weighted by Gasteiger charge is -2.13. The number of carbonyl (C=O) groups is 2. The van der Waals surface area contributed by atoms with Crippen LogP contribution in [0.3, 0.4) is 0 Å². The molecular formula is C17H13FN6O2. The topological polar surface area (TPSA) is 85.9 Å². The van der Waals surface area contributed by atoms with Gasteiger partial charge in [0.1, 0.15) is 18.5 Å². The second kappa shape index (κ2) is 5.32. The van der Waals surface area contributed by atoms with Crippen molar-refractivity contribution in [3.05, 3.63) is 48.1 Å². The van der Waals surface area contributed by atoms with Crippen LogP contribution < -0.4 is 0 Å². The van der Waals surface area contributed by atoms with Gasteiger partial charge in [-0.3, -0.25) is 19.1 Å². The molecule has 0 radical (unpaired) electrons. The molecule has 4 heterocycles. The third-order valence-corrected chi connectivity index (χ3v) is 4.76. The third-order valence-electron chi connectivity index (χ3n) is 4.76. The molecule has 8 nitrogen and oxygen atoms in total. The molecule has 9 heteroatoms. The Balaban J connectivity index is 1.70. The first-order valence-electron chi connectivity index (χ1n) is 8.22. The molecule has 0 unspecified atom stereocenters. The number of likely N-dealkylation sites (tertiary alicyclic amines) is 1. The van der Waals surface area contributed by atoms with Gasteiger partial charge in [-0.25, -0.2) is 19.0 Å². The van der Waals surface area contributed by atoms with Crippen molar-refractivity contribution >= 4 is 11.8 Å². The number of benzene rings is 1. The zero-order valence-corrected chi connectivity index (χ0v) is 13.6. The normalized spacial score (nSPS) is 15.4. The van der Waals surface area contributed by atoms with E-state index in [0.717, 1.165) is 0 Å². The van der Waals surface area contributed by atoms with Crippen molar-refractivity contribution in [3.8, 4) is 17.1 Å². The molecule has 0 spiro atoms. The molecule has 1 saturated heterocycles. The first-order chi connectivity index (χ1) is 12.6. The van der Waals surface area contributed by atoms with Crippen molar-refractivity contribution in [2.75, 3.05) is 6.54 Å². The van der Waals surface area contributed by atoms with E-state index in [1.165, 1.54) is 29.7 Å². The van der Waals surface area contributed by atoms with Crippen LogP contribution in [0.15, 0.2) is 30.9 Å². The number of hydrogen-bond donors (Lipinski definition) is 0. The fourth-order valence-corrected chi connectivity index (χ4v) is 3.53. The van der Waals surface area contributed by atoms with Gasteiger partial charge < -0.3 is 0 Å². The molecule has 2 aromatic heterocycles. The highest BCUT2D eigenvalue weighted by molar-refractivity contribution is 6.05. The number of imide groups is 1. The summed E-state index contributed by atoms with van der Waals surface area (Å²) in [6, 6.07) is 4.35. The Bertz CT molecular complexity index is 1070. The van der Waals surface area contributed by atoms with Crippen LogP contribution in [-0.2, 0) is 11.3 Å². The van der Waals surface area contributed by atoms with Gasteiger partial charge in [-0.1, -0.05) is 0 Å². The van der Waals surface area contributed by atoms with Crippen LogP contribution in [-0.4, -0.2) is 47.6 Å². The zero-order valence-electron chi connectivity index (χ0n) is 13.6. The Morgan fingerprint density at radius 3 is 2.92 bits per heavy atom. The molecule has 0 atom stereocenters. The van der Waals surface area contributed by atoms with E-state index in [1.54, 1.807) is 15.3 Å². The first-order valence-corrected chi connectivity index (χ1v) is 8.22. The van der Waals surface area contributed by atoms with Crippen molar-refractivity contribution in [1.82, 2.24) is 29.2 Å². The molecule has 0 bridgehead atoms. The van der Waals surface area contributed by atoms with E-state index in [2.05, 4.69) is 15.1 Å². The quantitative estimate of drug-likeness (QED) is 0.483. The van der Waals surface area contributed by atoms with Crippen molar-refractivity contribution in [1.29, 1.82) is 0 Å². The lowest BCUT2D eigenvalue weighted by Crippen LogP contribution is -2.33. The number of nitrogens with zero attached hydrogens (tertiary/aromatic N) is 6. The van der Waals surface area contributed by atoms with Crippen LogP contribution in [0.5, 0.6) is 0 Å². The number of halogens is 1. The molecule has 26 heavy (non-hydrogen) atoms. The van der Waals surface area contributed by atoms with Crippen LogP contribution in [0.4, 0.5) is 4.39 Å². The average Bonchev–Trinajstić information content (AvgIpc) is 3.34. The molecule has 5 rings (SSSR count). The molecule has 2 aliphatic rings. The van der Waals surface area contributed by atoms with Gasteiger partial charge in [0, 0.05) is 18.5 Å². The fourth-order valence-electron chi connectivity index (χ4n) is 3.53. The van der Waals surface area contributed by atoms with Crippen LogP contribution in [0.2, 0.25) is 0 Å². The molecule has 2 aliphatic heterocycles. The fraction of sp³-hybridized carbons (Fsp3) is 0.235. The number of amides is 2. The van der Waals surface area contributed by atoms with E-state index in [0.29, 0.717) is 42.2 Å². The highest BCUT2D eigenvalue weighted by Crippen LogP contribution is 2.32. The maximum Gasteiger partial charge on any atom is 0.281 e. The molecule has 3 aromatic rings. The molecule has 0 saturated carbocycles. The van der Waals surface area contributed by atoms with E-state index in [4.69, 9.17) is 0 Å². The first kappa shape index (κ1) is 14.9. The number of aromatic nitrogens is 5. The van der Waals surface area contributed by atoms with E-state index in [-0.39, 0.29) is 24.0 Å². The largest absolute Gasteiger partial charge is 0.300 e. The van der Waals surface area contributed by atoms with Crippen molar-refractivity contribution < 1.29 is 14.0 Å². The van der Waals surface area contributed by atoms with Crippen LogP contribution in [0.1, 0.15) is 29.0 Å². The van der Waals surface area contributed by atoms with Crippen molar-refractivity contribution in [2.45, 2.75) is 19.4 Å². The lowest BCUT2D eigenvalue weighted by molar-refractivity contribution is -0.125. The Kier molecular flexibility index (Phi) is 3.05. The molecule has 130 valence electrons. The number of imidazole rings is 1. The highest BCUT2D eigenvalue weighted by Gasteiger charge is 2.33. The molecule has 0 N–H and O–H groups in total. The van der Waals surface area contributed by atoms with E-state index >= 15 is 0 Å². The predicted molar refractivity (Wildman–Crippen MR) is 86.9 cm³/mol. The standard InChI is InChI=1S/C17H13FN6O2/c18-10-3-4-12-11(6-10)16-19-8-21-24(16)7-13-15(20-9-23(12)13)17(26)22-5-1-2-14(22)25/h3-4,6,8-9H,1-2,5,7H2. The summed E-state index contributed by atoms with van der Waals surface area (Å²) in [5.74, 6) is -0.470. The van der Waals surface area contributed by atoms with Gasteiger partial charge in [0.2, 0.25) is 5.91 Å². The summed E-state index contributed by atoms with van der Waals surface area (Å²) in [7, 11) is 0. The Morgan fingerprint density at radius 2 is 2.12 bits per heavy atom. The molecule has 1 fully saturated rings. The number of fused-ring (bicyclic) bond motifs is 5. The predicted octanol–water partition coefficient (Wildman–Crippen LogP) is 1.39. The minimum Gasteiger partial charge on any atom is -0.300 e. The van der Waals surface area contributed by atoms with Crippen LogP contribution >= 0.6 is 0 Å². The van der Waals surface area contributed by atoms with E-state index < -0.39 is 5.91 Å². The van der Waals surface area contributed by atoms with Crippen LogP contribution in [0, 0.1) is 5.82 Å². The molecule has 2 amide bonds. The second-order valence-electron chi connectivity index (χ2n) is 6.27. The summed E-state index contributed by atoms with van der Waals surface area (Å²) >= 11 is 0. The van der Waals surface area contributed by atoms with Gasteiger partial charge in [-0.15, -0.1) is 0 Å². The summed E-state index contributed by atoms with van der Waals surface area (Å²) in [4.78, 5) is 34.5. The second-order valence-corrected chi connectivity index (χ2v) is 6.27. The minimum atomic E-state index is -0.409. The summed E-state index contributed by atoms with van der Waals surface area (Å²) in [6.45, 7) is 0.648. The highest BCUT2D eigenvalue weighted by atomic mass is 19.1. The lowest BCUT2D eigenvalue weighted by atomic mass is 10.1. The molecular weight excluding hydrogens is 339 g/mol. The molecule has 1 aromatic carbocycles. The van der Waals surface area contributed by atoms with Gasteiger partial charge >= 0.3 is 0 Å². The van der Waals surface area contributed by atoms with E-state index in [9.17, 15) is 14.0 Å². The van der Waals surface area contributed by atoms with Gasteiger partial charge in [0.25, 0.3) is 5.91 Å². The maximum atomic E-state index is 13.8. The van der Waals surface area contributed by atoms with Gasteiger partial charge in [0.05, 0.1) is 17.9 Å². The third kappa shape index (κ3) is 2.03. The van der Waals surface area contributed by atoms with Gasteiger partial charge in [-0.05, 0) is 24.6 Å². The van der Waals surface area contributed by atoms with Gasteiger partial charge in [0.15, 0.2) is 11.5 Å². The zero-order chi connectivity index (χ0) is 17.8. The molecule has 0 aliphatic carbocycles.